The molecule has 0 aromatic heterocycles. The minimum absolute atomic E-state index is 0.0313. The zero-order chi connectivity index (χ0) is 13.0. The van der Waals surface area contributed by atoms with Crippen LogP contribution in [0.5, 0.6) is 0 Å². The lowest BCUT2D eigenvalue weighted by Crippen LogP contribution is -2.24. The molecule has 4 nitrogen and oxygen atoms in total. The van der Waals surface area contributed by atoms with E-state index in [0.717, 1.165) is 25.7 Å². The number of carbonyl (C=O) groups excluding carboxylic acids is 2. The summed E-state index contributed by atoms with van der Waals surface area (Å²) in [6, 6.07) is 7.08. The van der Waals surface area contributed by atoms with Gasteiger partial charge >= 0.3 is 0 Å². The largest absolute Gasteiger partial charge is 0.355 e. The normalized spacial score (nSPS) is 15.4. The molecule has 1 aliphatic rings. The van der Waals surface area contributed by atoms with E-state index in [1.165, 1.54) is 0 Å². The highest BCUT2D eigenvalue weighted by Crippen LogP contribution is 2.26. The van der Waals surface area contributed by atoms with E-state index < -0.39 is 0 Å². The summed E-state index contributed by atoms with van der Waals surface area (Å²) in [5.41, 5.74) is 1.10. The van der Waals surface area contributed by atoms with Crippen LogP contribution in [0.1, 0.15) is 36.0 Å². The predicted molar refractivity (Wildman–Crippen MR) is 70.4 cm³/mol. The minimum Gasteiger partial charge on any atom is -0.355 e. The molecule has 2 N–H and O–H groups in total. The summed E-state index contributed by atoms with van der Waals surface area (Å²) in [6.45, 7) is 0. The fraction of sp³-hybridized carbons (Fsp3) is 0.429. The SMILES string of the molecule is CNC(=O)c1ccccc1NC(=O)C1CCCC1. The van der Waals surface area contributed by atoms with Crippen molar-refractivity contribution >= 4 is 17.5 Å². The molecule has 0 bridgehead atoms. The topological polar surface area (TPSA) is 58.2 Å². The Morgan fingerprint density at radius 1 is 1.17 bits per heavy atom. The first kappa shape index (κ1) is 12.6. The molecule has 2 rings (SSSR count). The molecule has 1 aromatic carbocycles. The molecule has 0 aliphatic heterocycles. The van der Waals surface area contributed by atoms with Gasteiger partial charge in [-0.2, -0.15) is 0 Å². The molecule has 1 aromatic rings. The number of carbonyl (C=O) groups is 2. The zero-order valence-electron chi connectivity index (χ0n) is 10.5. The summed E-state index contributed by atoms with van der Waals surface area (Å²) in [5, 5.41) is 5.44. The van der Waals surface area contributed by atoms with E-state index in [4.69, 9.17) is 0 Å². The van der Waals surface area contributed by atoms with Crippen molar-refractivity contribution in [2.45, 2.75) is 25.7 Å². The second kappa shape index (κ2) is 5.67. The van der Waals surface area contributed by atoms with Gasteiger partial charge in [-0.25, -0.2) is 0 Å². The average Bonchev–Trinajstić information content (AvgIpc) is 2.92. The van der Waals surface area contributed by atoms with Crippen LogP contribution >= 0.6 is 0 Å². The van der Waals surface area contributed by atoms with Gasteiger partial charge in [-0.05, 0) is 25.0 Å². The lowest BCUT2D eigenvalue weighted by atomic mass is 10.1. The number of amides is 2. The second-order valence-corrected chi connectivity index (χ2v) is 4.60. The molecule has 0 radical (unpaired) electrons. The molecule has 2 amide bonds. The number of nitrogens with one attached hydrogen (secondary N) is 2. The lowest BCUT2D eigenvalue weighted by molar-refractivity contribution is -0.119. The molecule has 96 valence electrons. The summed E-state index contributed by atoms with van der Waals surface area (Å²) in [5.74, 6) is -0.0519. The number of benzene rings is 1. The molecule has 0 spiro atoms. The molecule has 0 unspecified atom stereocenters. The molecule has 1 aliphatic carbocycles. The maximum atomic E-state index is 12.0. The standard InChI is InChI=1S/C14H18N2O2/c1-15-14(18)11-8-4-5-9-12(11)16-13(17)10-6-2-3-7-10/h4-5,8-10H,2-3,6-7H2,1H3,(H,15,18)(H,16,17). The van der Waals surface area contributed by atoms with Crippen LogP contribution in [0.4, 0.5) is 5.69 Å². The molecular formula is C14H18N2O2. The Hall–Kier alpha value is -1.84. The van der Waals surface area contributed by atoms with Gasteiger partial charge in [0.25, 0.3) is 5.91 Å². The van der Waals surface area contributed by atoms with E-state index in [2.05, 4.69) is 10.6 Å². The first-order valence-corrected chi connectivity index (χ1v) is 6.34. The van der Waals surface area contributed by atoms with Crippen molar-refractivity contribution in [1.29, 1.82) is 0 Å². The third-order valence-electron chi connectivity index (χ3n) is 3.38. The van der Waals surface area contributed by atoms with Crippen molar-refractivity contribution in [3.05, 3.63) is 29.8 Å². The van der Waals surface area contributed by atoms with Crippen LogP contribution < -0.4 is 10.6 Å². The molecule has 1 saturated carbocycles. The predicted octanol–water partition coefficient (Wildman–Crippen LogP) is 2.17. The summed E-state index contributed by atoms with van der Waals surface area (Å²) >= 11 is 0. The van der Waals surface area contributed by atoms with Crippen LogP contribution in [0.25, 0.3) is 0 Å². The van der Waals surface area contributed by atoms with Gasteiger partial charge in [0.1, 0.15) is 0 Å². The van der Waals surface area contributed by atoms with Crippen LogP contribution in [-0.2, 0) is 4.79 Å². The maximum absolute atomic E-state index is 12.0. The Morgan fingerprint density at radius 3 is 2.50 bits per heavy atom. The summed E-state index contributed by atoms with van der Waals surface area (Å²) in [7, 11) is 1.58. The van der Waals surface area contributed by atoms with Crippen molar-refractivity contribution in [1.82, 2.24) is 5.32 Å². The van der Waals surface area contributed by atoms with E-state index in [9.17, 15) is 9.59 Å². The van der Waals surface area contributed by atoms with Crippen LogP contribution in [0.2, 0.25) is 0 Å². The first-order chi connectivity index (χ1) is 8.72. The average molecular weight is 246 g/mol. The van der Waals surface area contributed by atoms with Crippen molar-refractivity contribution in [2.75, 3.05) is 12.4 Å². The Balaban J connectivity index is 2.13. The maximum Gasteiger partial charge on any atom is 0.253 e. The molecule has 1 fully saturated rings. The highest BCUT2D eigenvalue weighted by molar-refractivity contribution is 6.04. The second-order valence-electron chi connectivity index (χ2n) is 4.60. The van der Waals surface area contributed by atoms with Gasteiger partial charge in [0, 0.05) is 13.0 Å². The van der Waals surface area contributed by atoms with Gasteiger partial charge in [-0.15, -0.1) is 0 Å². The van der Waals surface area contributed by atoms with E-state index >= 15 is 0 Å². The van der Waals surface area contributed by atoms with Crippen molar-refractivity contribution in [3.8, 4) is 0 Å². The van der Waals surface area contributed by atoms with Crippen LogP contribution in [0.3, 0.4) is 0 Å². The molecule has 0 saturated heterocycles. The van der Waals surface area contributed by atoms with Crippen LogP contribution in [0, 0.1) is 5.92 Å². The first-order valence-electron chi connectivity index (χ1n) is 6.34. The highest BCUT2D eigenvalue weighted by Gasteiger charge is 2.23. The molecule has 0 atom stereocenters. The Kier molecular flexibility index (Phi) is 3.97. The number of para-hydroxylation sites is 1. The number of hydrogen-bond donors (Lipinski definition) is 2. The fourth-order valence-electron chi connectivity index (χ4n) is 2.35. The van der Waals surface area contributed by atoms with Crippen molar-refractivity contribution in [3.63, 3.8) is 0 Å². The molecule has 0 heterocycles. The van der Waals surface area contributed by atoms with Gasteiger partial charge in [0.15, 0.2) is 0 Å². The minimum atomic E-state index is -0.183. The Bertz CT molecular complexity index is 451. The summed E-state index contributed by atoms with van der Waals surface area (Å²) in [4.78, 5) is 23.7. The highest BCUT2D eigenvalue weighted by atomic mass is 16.2. The summed E-state index contributed by atoms with van der Waals surface area (Å²) < 4.78 is 0. The van der Waals surface area contributed by atoms with Gasteiger partial charge < -0.3 is 10.6 Å². The number of rotatable bonds is 3. The van der Waals surface area contributed by atoms with Gasteiger partial charge in [-0.3, -0.25) is 9.59 Å². The van der Waals surface area contributed by atoms with E-state index in [1.54, 1.807) is 25.2 Å². The van der Waals surface area contributed by atoms with Gasteiger partial charge in [0.05, 0.1) is 11.3 Å². The molecule has 18 heavy (non-hydrogen) atoms. The smallest absolute Gasteiger partial charge is 0.253 e. The third-order valence-corrected chi connectivity index (χ3v) is 3.38. The van der Waals surface area contributed by atoms with E-state index in [0.29, 0.717) is 11.3 Å². The van der Waals surface area contributed by atoms with Crippen LogP contribution in [0.15, 0.2) is 24.3 Å². The Morgan fingerprint density at radius 2 is 1.83 bits per heavy atom. The molecular weight excluding hydrogens is 228 g/mol. The molecule has 4 heteroatoms. The zero-order valence-corrected chi connectivity index (χ0v) is 10.5. The quantitative estimate of drug-likeness (QED) is 0.858. The van der Waals surface area contributed by atoms with Crippen molar-refractivity contribution < 1.29 is 9.59 Å². The Labute approximate surface area is 107 Å². The van der Waals surface area contributed by atoms with Gasteiger partial charge in [-0.1, -0.05) is 25.0 Å². The monoisotopic (exact) mass is 246 g/mol. The fourth-order valence-corrected chi connectivity index (χ4v) is 2.35. The number of anilines is 1. The van der Waals surface area contributed by atoms with E-state index in [-0.39, 0.29) is 17.7 Å². The van der Waals surface area contributed by atoms with Crippen LogP contribution in [-0.4, -0.2) is 18.9 Å². The van der Waals surface area contributed by atoms with Crippen molar-refractivity contribution in [2.24, 2.45) is 5.92 Å². The third kappa shape index (κ3) is 2.70. The number of hydrogen-bond acceptors (Lipinski definition) is 2. The van der Waals surface area contributed by atoms with E-state index in [1.807, 2.05) is 6.07 Å². The lowest BCUT2D eigenvalue weighted by Gasteiger charge is -2.13. The van der Waals surface area contributed by atoms with Gasteiger partial charge in [0.2, 0.25) is 5.91 Å². The summed E-state index contributed by atoms with van der Waals surface area (Å²) in [6.07, 6.45) is 4.15.